The Morgan fingerprint density at radius 3 is 2.44 bits per heavy atom. The van der Waals surface area contributed by atoms with Gasteiger partial charge in [0, 0.05) is 72.9 Å². The van der Waals surface area contributed by atoms with Crippen molar-refractivity contribution in [2.24, 2.45) is 28.6 Å². The van der Waals surface area contributed by atoms with E-state index in [0.29, 0.717) is 55.0 Å². The molecule has 13 nitrogen and oxygen atoms in total. The summed E-state index contributed by atoms with van der Waals surface area (Å²) < 4.78 is 6.15. The van der Waals surface area contributed by atoms with E-state index in [2.05, 4.69) is 36.4 Å². The number of pyridine rings is 1. The molecule has 3 unspecified atom stereocenters. The van der Waals surface area contributed by atoms with Gasteiger partial charge in [-0.25, -0.2) is 0 Å². The number of carbonyl (C=O) groups is 2. The Balaban J connectivity index is 1.19. The van der Waals surface area contributed by atoms with E-state index in [9.17, 15) is 24.9 Å². The van der Waals surface area contributed by atoms with Crippen LogP contribution in [0.15, 0.2) is 60.8 Å². The number of likely N-dealkylation sites (N-methyl/N-ethyl adjacent to an activating group) is 2. The highest BCUT2D eigenvalue weighted by atomic mass is 16.7. The molecule has 1 aromatic heterocycles. The fraction of sp³-hybridized carbons (Fsp3) is 0.587. The number of amides is 2. The molecule has 4 aliphatic carbocycles. The third-order valence-corrected chi connectivity index (χ3v) is 14.3. The Bertz CT molecular complexity index is 1990. The molecule has 59 heavy (non-hydrogen) atoms. The number of fused-ring (bicyclic) bond motifs is 2. The zero-order chi connectivity index (χ0) is 42.4. The third kappa shape index (κ3) is 8.09. The number of aliphatic hydroxyl groups excluding tert-OH is 2. The van der Waals surface area contributed by atoms with Gasteiger partial charge in [-0.3, -0.25) is 19.4 Å². The number of nitrogens with zero attached hydrogens (tertiary/aromatic N) is 4. The quantitative estimate of drug-likeness (QED) is 0.143. The SMILES string of the molecule is COc1c(CN2O[C@@H](CO)[C@]3(CC3(C)O)C2C(=O)N[C@H]2C[C@H]3CC([C@@H]2C)C3(C)C)cccc1-c1cc(C(=O)N[C@@H](Cc2ccccn2)CN(C)C)cc(N(C)CCO)c1. The topological polar surface area (TPSA) is 160 Å². The maximum Gasteiger partial charge on any atom is 0.251 e. The van der Waals surface area contributed by atoms with Crippen molar-refractivity contribution in [1.82, 2.24) is 25.6 Å². The Kier molecular flexibility index (Phi) is 12.2. The molecule has 13 heteroatoms. The van der Waals surface area contributed by atoms with Crippen LogP contribution in [0.3, 0.4) is 0 Å². The van der Waals surface area contributed by atoms with Crippen molar-refractivity contribution in [3.63, 3.8) is 0 Å². The molecule has 5 N–H and O–H groups in total. The van der Waals surface area contributed by atoms with Gasteiger partial charge in [0.15, 0.2) is 0 Å². The van der Waals surface area contributed by atoms with Crippen molar-refractivity contribution in [3.05, 3.63) is 77.6 Å². The molecular weight excluding hydrogens is 749 g/mol. The number of rotatable bonds is 16. The highest BCUT2D eigenvalue weighted by Gasteiger charge is 2.78. The maximum absolute atomic E-state index is 14.6. The monoisotopic (exact) mass is 812 g/mol. The second-order valence-corrected chi connectivity index (χ2v) is 18.7. The van der Waals surface area contributed by atoms with Crippen LogP contribution in [0.5, 0.6) is 5.75 Å². The minimum absolute atomic E-state index is 0.0173. The van der Waals surface area contributed by atoms with Crippen LogP contribution in [0.1, 0.15) is 68.6 Å². The first-order valence-corrected chi connectivity index (χ1v) is 21.1. The summed E-state index contributed by atoms with van der Waals surface area (Å²) in [6, 6.07) is 16.1. The smallest absolute Gasteiger partial charge is 0.251 e. The van der Waals surface area contributed by atoms with Crippen molar-refractivity contribution in [3.8, 4) is 16.9 Å². The standard InChI is InChI=1S/C46H64N6O7/c1-28-37-21-32(44(37,2)3)22-38(28)49-43(56)41-46(27-45(46,4)57)39(26-54)59-52(41)24-29-12-11-14-36(40(29)58-8)30-18-31(20-35(19-30)51(7)16-17-53)42(55)48-34(25-50(5)6)23-33-13-9-10-15-47-33/h9-15,18-20,28,32,34,37-39,41,53-54,57H,16-17,21-27H2,1-8H3,(H,48,55)(H,49,56)/t28-,32+,34-,37?,38-,39-,41?,45?,46+/m0/s1. The number of methoxy groups -OCH3 is 1. The van der Waals surface area contributed by atoms with E-state index in [1.807, 2.05) is 85.5 Å². The summed E-state index contributed by atoms with van der Waals surface area (Å²) in [6.07, 6.45) is 3.97. The minimum atomic E-state index is -1.20. The van der Waals surface area contributed by atoms with Crippen LogP contribution in [0.25, 0.3) is 11.1 Å². The average molecular weight is 813 g/mol. The van der Waals surface area contributed by atoms with Crippen LogP contribution in [0.4, 0.5) is 5.69 Å². The molecular formula is C46H64N6O7. The molecule has 2 amide bonds. The van der Waals surface area contributed by atoms with E-state index in [-0.39, 0.29) is 49.1 Å². The highest BCUT2D eigenvalue weighted by molar-refractivity contribution is 5.97. The van der Waals surface area contributed by atoms with Gasteiger partial charge in [-0.1, -0.05) is 45.0 Å². The van der Waals surface area contributed by atoms with Gasteiger partial charge in [-0.15, -0.1) is 0 Å². The average Bonchev–Trinajstić information content (AvgIpc) is 3.62. The molecule has 1 spiro atoms. The van der Waals surface area contributed by atoms with Crippen molar-refractivity contribution in [2.75, 3.05) is 59.5 Å². The lowest BCUT2D eigenvalue weighted by atomic mass is 9.45. The van der Waals surface area contributed by atoms with Gasteiger partial charge in [-0.2, -0.15) is 5.06 Å². The van der Waals surface area contributed by atoms with E-state index in [0.717, 1.165) is 34.5 Å². The predicted molar refractivity (Wildman–Crippen MR) is 227 cm³/mol. The summed E-state index contributed by atoms with van der Waals surface area (Å²) in [5.41, 5.74) is 2.33. The number of para-hydroxylation sites is 1. The molecule has 2 heterocycles. The molecule has 0 radical (unpaired) electrons. The molecule has 1 aliphatic heterocycles. The Labute approximate surface area is 349 Å². The van der Waals surface area contributed by atoms with Crippen molar-refractivity contribution in [2.45, 2.75) is 89.8 Å². The summed E-state index contributed by atoms with van der Waals surface area (Å²) in [5.74, 6) is 1.51. The molecule has 5 aliphatic rings. The number of anilines is 1. The molecule has 4 saturated carbocycles. The molecule has 1 saturated heterocycles. The highest BCUT2D eigenvalue weighted by Crippen LogP contribution is 2.66. The second kappa shape index (κ2) is 16.7. The van der Waals surface area contributed by atoms with E-state index in [4.69, 9.17) is 9.57 Å². The fourth-order valence-electron chi connectivity index (χ4n) is 10.8. The third-order valence-electron chi connectivity index (χ3n) is 14.3. The van der Waals surface area contributed by atoms with E-state index < -0.39 is 23.2 Å². The maximum atomic E-state index is 14.6. The van der Waals surface area contributed by atoms with Crippen LogP contribution in [0.2, 0.25) is 0 Å². The first-order chi connectivity index (χ1) is 28.0. The van der Waals surface area contributed by atoms with Crippen LogP contribution in [-0.4, -0.2) is 126 Å². The number of carbonyl (C=O) groups excluding carboxylic acids is 2. The second-order valence-electron chi connectivity index (χ2n) is 18.7. The summed E-state index contributed by atoms with van der Waals surface area (Å²) in [7, 11) is 7.40. The number of hydrogen-bond acceptors (Lipinski definition) is 11. The summed E-state index contributed by atoms with van der Waals surface area (Å²) in [5, 5.41) is 40.2. The Morgan fingerprint density at radius 2 is 1.83 bits per heavy atom. The largest absolute Gasteiger partial charge is 0.496 e. The van der Waals surface area contributed by atoms with Gasteiger partial charge in [-0.05, 0) is 99.3 Å². The fourth-order valence-corrected chi connectivity index (χ4v) is 10.8. The van der Waals surface area contributed by atoms with Gasteiger partial charge >= 0.3 is 0 Å². The number of nitrogens with one attached hydrogen (secondary N) is 2. The number of hydrogen-bond donors (Lipinski definition) is 5. The number of hydroxylamine groups is 2. The molecule has 9 atom stereocenters. The zero-order valence-electron chi connectivity index (χ0n) is 35.9. The molecule has 2 bridgehead atoms. The minimum Gasteiger partial charge on any atom is -0.496 e. The van der Waals surface area contributed by atoms with Crippen LogP contribution in [-0.2, 0) is 22.6 Å². The van der Waals surface area contributed by atoms with Gasteiger partial charge < -0.3 is 40.5 Å². The van der Waals surface area contributed by atoms with E-state index in [1.54, 1.807) is 25.3 Å². The first-order valence-electron chi connectivity index (χ1n) is 21.1. The molecule has 8 rings (SSSR count). The number of benzene rings is 2. The lowest BCUT2D eigenvalue weighted by molar-refractivity contribution is -0.183. The number of aliphatic hydroxyl groups is 3. The van der Waals surface area contributed by atoms with Crippen molar-refractivity contribution >= 4 is 17.5 Å². The zero-order valence-corrected chi connectivity index (χ0v) is 35.9. The summed E-state index contributed by atoms with van der Waals surface area (Å²) in [6.45, 7) is 9.33. The van der Waals surface area contributed by atoms with Crippen LogP contribution in [0, 0.1) is 28.6 Å². The Hall–Kier alpha value is -4.11. The molecule has 3 aromatic rings. The first kappa shape index (κ1) is 43.0. The van der Waals surface area contributed by atoms with Gasteiger partial charge in [0.05, 0.1) is 37.9 Å². The molecule has 5 fully saturated rings. The molecule has 320 valence electrons. The van der Waals surface area contributed by atoms with E-state index in [1.165, 1.54) is 6.42 Å². The van der Waals surface area contributed by atoms with E-state index >= 15 is 0 Å². The number of ether oxygens (including phenoxy) is 1. The van der Waals surface area contributed by atoms with Crippen LogP contribution < -0.4 is 20.3 Å². The van der Waals surface area contributed by atoms with Crippen molar-refractivity contribution in [1.29, 1.82) is 0 Å². The normalized spacial score (nSPS) is 29.8. The Morgan fingerprint density at radius 1 is 1.07 bits per heavy atom. The lowest BCUT2D eigenvalue weighted by Gasteiger charge is -2.62. The lowest BCUT2D eigenvalue weighted by Crippen LogP contribution is -2.62. The summed E-state index contributed by atoms with van der Waals surface area (Å²) in [4.78, 5) is 43.6. The van der Waals surface area contributed by atoms with Gasteiger partial charge in [0.1, 0.15) is 17.9 Å². The predicted octanol–water partition coefficient (Wildman–Crippen LogP) is 3.89. The van der Waals surface area contributed by atoms with Gasteiger partial charge in [0.25, 0.3) is 5.91 Å². The van der Waals surface area contributed by atoms with Crippen LogP contribution >= 0.6 is 0 Å². The van der Waals surface area contributed by atoms with Crippen molar-refractivity contribution < 1.29 is 34.5 Å². The summed E-state index contributed by atoms with van der Waals surface area (Å²) >= 11 is 0. The van der Waals surface area contributed by atoms with Gasteiger partial charge in [0.2, 0.25) is 5.91 Å². The number of aromatic nitrogens is 1. The molecule has 2 aromatic carbocycles.